The van der Waals surface area contributed by atoms with Crippen LogP contribution in [0.25, 0.3) is 0 Å². The van der Waals surface area contributed by atoms with Crippen molar-refractivity contribution in [3.8, 4) is 5.75 Å². The molecule has 2 unspecified atom stereocenters. The van der Waals surface area contributed by atoms with Gasteiger partial charge in [0, 0.05) is 6.92 Å². The van der Waals surface area contributed by atoms with E-state index in [4.69, 9.17) is 9.84 Å². The molecule has 2 atom stereocenters. The van der Waals surface area contributed by atoms with E-state index in [1.54, 1.807) is 0 Å². The Hall–Kier alpha value is -2.04. The largest absolute Gasteiger partial charge is 0.491 e. The lowest BCUT2D eigenvalue weighted by Crippen LogP contribution is -2.43. The molecule has 2 N–H and O–H groups in total. The van der Waals surface area contributed by atoms with Gasteiger partial charge in [0.25, 0.3) is 0 Å². The third-order valence-electron chi connectivity index (χ3n) is 3.14. The van der Waals surface area contributed by atoms with Crippen LogP contribution in [-0.4, -0.2) is 29.6 Å². The van der Waals surface area contributed by atoms with Crippen LogP contribution in [0.3, 0.4) is 0 Å². The minimum atomic E-state index is -1.11. The van der Waals surface area contributed by atoms with E-state index < -0.39 is 17.9 Å². The molecule has 0 aliphatic heterocycles. The van der Waals surface area contributed by atoms with E-state index in [1.165, 1.54) is 6.92 Å². The van der Waals surface area contributed by atoms with Gasteiger partial charge in [-0.3, -0.25) is 4.79 Å². The number of carbonyl (C=O) groups excluding carboxylic acids is 1. The fourth-order valence-corrected chi connectivity index (χ4v) is 1.83. The topological polar surface area (TPSA) is 75.6 Å². The molecule has 1 aromatic rings. The van der Waals surface area contributed by atoms with Crippen molar-refractivity contribution in [3.63, 3.8) is 0 Å². The van der Waals surface area contributed by atoms with Gasteiger partial charge in [-0.15, -0.1) is 0 Å². The number of nitrogens with one attached hydrogen (secondary N) is 1. The van der Waals surface area contributed by atoms with E-state index in [0.29, 0.717) is 11.7 Å². The Balaban J connectivity index is 2.77. The SMILES string of the molecule is CCC(C)c1ccccc1OCC(NC(C)=O)C(=O)O. The van der Waals surface area contributed by atoms with Gasteiger partial charge in [-0.25, -0.2) is 4.79 Å². The summed E-state index contributed by atoms with van der Waals surface area (Å²) in [6, 6.07) is 6.51. The van der Waals surface area contributed by atoms with Crippen LogP contribution >= 0.6 is 0 Å². The Morgan fingerprint density at radius 2 is 2.00 bits per heavy atom. The number of ether oxygens (including phenoxy) is 1. The third kappa shape index (κ3) is 4.57. The number of aliphatic carboxylic acids is 1. The number of carboxylic acid groups (broad SMARTS) is 1. The quantitative estimate of drug-likeness (QED) is 0.802. The van der Waals surface area contributed by atoms with Gasteiger partial charge in [-0.05, 0) is 24.0 Å². The molecule has 0 fully saturated rings. The summed E-state index contributed by atoms with van der Waals surface area (Å²) in [6.45, 7) is 5.36. The lowest BCUT2D eigenvalue weighted by Gasteiger charge is -2.18. The summed E-state index contributed by atoms with van der Waals surface area (Å²) in [5.41, 5.74) is 1.04. The second-order valence-corrected chi connectivity index (χ2v) is 4.75. The molecule has 0 saturated carbocycles. The van der Waals surface area contributed by atoms with E-state index in [0.717, 1.165) is 12.0 Å². The number of carbonyl (C=O) groups is 2. The van der Waals surface area contributed by atoms with Gasteiger partial charge in [-0.2, -0.15) is 0 Å². The Bertz CT molecular complexity index is 473. The molecular formula is C15H21NO4. The molecule has 1 rings (SSSR count). The maximum Gasteiger partial charge on any atom is 0.329 e. The first-order valence-corrected chi connectivity index (χ1v) is 6.67. The minimum Gasteiger partial charge on any atom is -0.491 e. The smallest absolute Gasteiger partial charge is 0.329 e. The lowest BCUT2D eigenvalue weighted by molar-refractivity contribution is -0.142. The monoisotopic (exact) mass is 279 g/mol. The molecule has 110 valence electrons. The number of benzene rings is 1. The fraction of sp³-hybridized carbons (Fsp3) is 0.467. The third-order valence-corrected chi connectivity index (χ3v) is 3.14. The highest BCUT2D eigenvalue weighted by molar-refractivity contribution is 5.82. The van der Waals surface area contributed by atoms with Crippen molar-refractivity contribution in [2.24, 2.45) is 0 Å². The molecule has 5 heteroatoms. The normalized spacial score (nSPS) is 13.3. The molecule has 0 saturated heterocycles. The van der Waals surface area contributed by atoms with Crippen molar-refractivity contribution in [2.45, 2.75) is 39.2 Å². The van der Waals surface area contributed by atoms with Gasteiger partial charge in [0.05, 0.1) is 0 Å². The summed E-state index contributed by atoms with van der Waals surface area (Å²) in [5, 5.41) is 11.4. The van der Waals surface area contributed by atoms with Crippen molar-refractivity contribution >= 4 is 11.9 Å². The standard InChI is InChI=1S/C15H21NO4/c1-4-10(2)12-7-5-6-8-14(12)20-9-13(15(18)19)16-11(3)17/h5-8,10,13H,4,9H2,1-3H3,(H,16,17)(H,18,19). The average Bonchev–Trinajstić information content (AvgIpc) is 2.42. The molecule has 0 aromatic heterocycles. The van der Waals surface area contributed by atoms with Gasteiger partial charge < -0.3 is 15.2 Å². The van der Waals surface area contributed by atoms with E-state index in [1.807, 2.05) is 24.3 Å². The highest BCUT2D eigenvalue weighted by Gasteiger charge is 2.20. The summed E-state index contributed by atoms with van der Waals surface area (Å²) >= 11 is 0. The van der Waals surface area contributed by atoms with Gasteiger partial charge in [0.1, 0.15) is 12.4 Å². The maximum atomic E-state index is 11.0. The number of para-hydroxylation sites is 1. The van der Waals surface area contributed by atoms with Crippen LogP contribution in [0.4, 0.5) is 0 Å². The van der Waals surface area contributed by atoms with Crippen molar-refractivity contribution in [2.75, 3.05) is 6.61 Å². The number of hydrogen-bond acceptors (Lipinski definition) is 3. The Morgan fingerprint density at radius 1 is 1.35 bits per heavy atom. The first-order valence-electron chi connectivity index (χ1n) is 6.67. The zero-order chi connectivity index (χ0) is 15.1. The molecule has 5 nitrogen and oxygen atoms in total. The average molecular weight is 279 g/mol. The molecule has 0 radical (unpaired) electrons. The molecule has 0 heterocycles. The van der Waals surface area contributed by atoms with Gasteiger partial charge >= 0.3 is 5.97 Å². The first-order chi connectivity index (χ1) is 9.45. The molecule has 0 aliphatic rings. The van der Waals surface area contributed by atoms with E-state index in [2.05, 4.69) is 19.2 Å². The van der Waals surface area contributed by atoms with Crippen LogP contribution < -0.4 is 10.1 Å². The molecular weight excluding hydrogens is 258 g/mol. The highest BCUT2D eigenvalue weighted by atomic mass is 16.5. The van der Waals surface area contributed by atoms with Crippen LogP contribution in [0.2, 0.25) is 0 Å². The molecule has 1 amide bonds. The van der Waals surface area contributed by atoms with E-state index >= 15 is 0 Å². The van der Waals surface area contributed by atoms with Crippen LogP contribution in [0.5, 0.6) is 5.75 Å². The van der Waals surface area contributed by atoms with E-state index in [9.17, 15) is 9.59 Å². The van der Waals surface area contributed by atoms with Crippen LogP contribution in [0.15, 0.2) is 24.3 Å². The van der Waals surface area contributed by atoms with E-state index in [-0.39, 0.29) is 6.61 Å². The van der Waals surface area contributed by atoms with Gasteiger partial charge in [0.2, 0.25) is 5.91 Å². The zero-order valence-electron chi connectivity index (χ0n) is 12.1. The summed E-state index contributed by atoms with van der Waals surface area (Å²) < 4.78 is 5.59. The van der Waals surface area contributed by atoms with Crippen LogP contribution in [-0.2, 0) is 9.59 Å². The molecule has 1 aromatic carbocycles. The minimum absolute atomic E-state index is 0.0949. The second-order valence-electron chi connectivity index (χ2n) is 4.75. The van der Waals surface area contributed by atoms with Gasteiger partial charge in [0.15, 0.2) is 6.04 Å². The molecule has 0 spiro atoms. The number of rotatable bonds is 7. The maximum absolute atomic E-state index is 11.0. The second kappa shape index (κ2) is 7.53. The number of hydrogen-bond donors (Lipinski definition) is 2. The molecule has 0 aliphatic carbocycles. The van der Waals surface area contributed by atoms with Crippen LogP contribution in [0.1, 0.15) is 38.7 Å². The summed E-state index contributed by atoms with van der Waals surface area (Å²) in [6.07, 6.45) is 0.967. The molecule has 20 heavy (non-hydrogen) atoms. The Labute approximate surface area is 118 Å². The van der Waals surface area contributed by atoms with Crippen LogP contribution in [0, 0.1) is 0 Å². The number of amides is 1. The summed E-state index contributed by atoms with van der Waals surface area (Å²) in [4.78, 5) is 22.0. The zero-order valence-corrected chi connectivity index (χ0v) is 12.1. The van der Waals surface area contributed by atoms with Gasteiger partial charge in [-0.1, -0.05) is 32.0 Å². The molecule has 0 bridgehead atoms. The Morgan fingerprint density at radius 3 is 2.55 bits per heavy atom. The highest BCUT2D eigenvalue weighted by Crippen LogP contribution is 2.28. The summed E-state index contributed by atoms with van der Waals surface area (Å²) in [7, 11) is 0. The summed E-state index contributed by atoms with van der Waals surface area (Å²) in [5.74, 6) is -0.508. The van der Waals surface area contributed by atoms with Crippen molar-refractivity contribution in [1.82, 2.24) is 5.32 Å². The predicted molar refractivity (Wildman–Crippen MR) is 75.9 cm³/mol. The Kier molecular flexibility index (Phi) is 6.03. The fourth-order valence-electron chi connectivity index (χ4n) is 1.83. The number of carboxylic acids is 1. The lowest BCUT2D eigenvalue weighted by atomic mass is 9.98. The first kappa shape index (κ1) is 16.0. The van der Waals surface area contributed by atoms with Crippen molar-refractivity contribution in [3.05, 3.63) is 29.8 Å². The van der Waals surface area contributed by atoms with Crippen molar-refractivity contribution < 1.29 is 19.4 Å². The predicted octanol–water partition coefficient (Wildman–Crippen LogP) is 2.17. The van der Waals surface area contributed by atoms with Crippen molar-refractivity contribution in [1.29, 1.82) is 0 Å².